The Hall–Kier alpha value is -2.79. The van der Waals surface area contributed by atoms with Crippen LogP contribution in [0.4, 0.5) is 24.9 Å². The molecule has 0 spiro atoms. The molecule has 1 fully saturated rings. The maximum absolute atomic E-state index is 12.7. The van der Waals surface area contributed by atoms with Gasteiger partial charge in [-0.2, -0.15) is 4.98 Å². The number of piperidine rings is 1. The summed E-state index contributed by atoms with van der Waals surface area (Å²) in [5.41, 5.74) is 0.714. The number of ether oxygens (including phenoxy) is 1. The Morgan fingerprint density at radius 2 is 1.86 bits per heavy atom. The van der Waals surface area contributed by atoms with Gasteiger partial charge >= 0.3 is 6.36 Å². The minimum Gasteiger partial charge on any atom is -0.405 e. The predicted octanol–water partition coefficient (Wildman–Crippen LogP) is 5.43. The number of anilines is 2. The summed E-state index contributed by atoms with van der Waals surface area (Å²) in [6, 6.07) is 11.8. The average molecular weight is 589 g/mol. The molecule has 1 amide bonds. The summed E-state index contributed by atoms with van der Waals surface area (Å²) in [6.07, 6.45) is -3.31. The van der Waals surface area contributed by atoms with Gasteiger partial charge in [0.15, 0.2) is 0 Å². The summed E-state index contributed by atoms with van der Waals surface area (Å²) < 4.78 is 42.6. The number of hydrogen-bond acceptors (Lipinski definition) is 6. The first-order valence-corrected chi connectivity index (χ1v) is 11.9. The Morgan fingerprint density at radius 1 is 1.17 bits per heavy atom. The summed E-state index contributed by atoms with van der Waals surface area (Å²) in [5, 5.41) is 3.75. The van der Waals surface area contributed by atoms with E-state index in [0.717, 1.165) is 35.6 Å². The van der Waals surface area contributed by atoms with Crippen molar-refractivity contribution >= 4 is 56.9 Å². The zero-order valence-electron chi connectivity index (χ0n) is 19.7. The molecule has 0 radical (unpaired) electrons. The largest absolute Gasteiger partial charge is 0.573 e. The molecule has 0 saturated carbocycles. The third-order valence-electron chi connectivity index (χ3n) is 5.86. The fraction of sp³-hybridized carbons (Fsp3) is 0.375. The second kappa shape index (κ2) is 11.5. The Morgan fingerprint density at radius 3 is 2.53 bits per heavy atom. The first-order chi connectivity index (χ1) is 16.6. The van der Waals surface area contributed by atoms with Crippen LogP contribution in [0.2, 0.25) is 0 Å². The molecule has 4 rings (SSSR count). The van der Waals surface area contributed by atoms with E-state index in [4.69, 9.17) is 9.97 Å². The van der Waals surface area contributed by atoms with Gasteiger partial charge in [0.25, 0.3) is 5.91 Å². The zero-order chi connectivity index (χ0) is 25.2. The first kappa shape index (κ1) is 27.8. The molecular formula is C24H26BrClF3N5O2. The smallest absolute Gasteiger partial charge is 0.405 e. The molecular weight excluding hydrogens is 563 g/mol. The number of fused-ring (bicyclic) bond motifs is 1. The Kier molecular flexibility index (Phi) is 8.89. The topological polar surface area (TPSA) is 70.6 Å². The number of alkyl halides is 3. The van der Waals surface area contributed by atoms with Crippen LogP contribution in [0.5, 0.6) is 5.75 Å². The Labute approximate surface area is 221 Å². The molecule has 36 heavy (non-hydrogen) atoms. The lowest BCUT2D eigenvalue weighted by atomic mass is 9.97. The third-order valence-corrected chi connectivity index (χ3v) is 6.35. The van der Waals surface area contributed by atoms with Crippen LogP contribution in [0.1, 0.15) is 23.2 Å². The number of nitrogens with one attached hydrogen (secondary N) is 1. The van der Waals surface area contributed by atoms with E-state index in [0.29, 0.717) is 30.1 Å². The highest BCUT2D eigenvalue weighted by Crippen LogP contribution is 2.30. The number of amides is 1. The number of aromatic nitrogens is 2. The minimum absolute atomic E-state index is 0. The molecule has 0 bridgehead atoms. The normalized spacial score (nSPS) is 14.3. The summed E-state index contributed by atoms with van der Waals surface area (Å²) in [7, 11) is 3.90. The van der Waals surface area contributed by atoms with Crippen LogP contribution in [-0.2, 0) is 0 Å². The molecule has 12 heteroatoms. The van der Waals surface area contributed by atoms with Crippen molar-refractivity contribution in [2.45, 2.75) is 19.2 Å². The van der Waals surface area contributed by atoms with Gasteiger partial charge in [-0.15, -0.1) is 25.6 Å². The van der Waals surface area contributed by atoms with Crippen molar-refractivity contribution < 1.29 is 22.7 Å². The lowest BCUT2D eigenvalue weighted by Crippen LogP contribution is -2.39. The first-order valence-electron chi connectivity index (χ1n) is 11.1. The number of benzene rings is 2. The van der Waals surface area contributed by atoms with Crippen molar-refractivity contribution in [1.29, 1.82) is 0 Å². The van der Waals surface area contributed by atoms with Gasteiger partial charge in [0.1, 0.15) is 11.6 Å². The van der Waals surface area contributed by atoms with Crippen LogP contribution in [-0.4, -0.2) is 56.0 Å². The monoisotopic (exact) mass is 587 g/mol. The van der Waals surface area contributed by atoms with Gasteiger partial charge in [-0.25, -0.2) is 4.98 Å². The van der Waals surface area contributed by atoms with Gasteiger partial charge in [-0.05, 0) is 49.1 Å². The van der Waals surface area contributed by atoms with Gasteiger partial charge in [0.05, 0.1) is 11.1 Å². The predicted molar refractivity (Wildman–Crippen MR) is 139 cm³/mol. The third kappa shape index (κ3) is 6.70. The zero-order valence-corrected chi connectivity index (χ0v) is 22.1. The molecule has 7 nitrogen and oxygen atoms in total. The number of rotatable bonds is 6. The Bertz CT molecular complexity index is 1220. The number of carbonyl (C=O) groups is 1. The fourth-order valence-electron chi connectivity index (χ4n) is 4.09. The van der Waals surface area contributed by atoms with E-state index < -0.39 is 18.0 Å². The molecule has 2 aromatic carbocycles. The molecule has 1 saturated heterocycles. The van der Waals surface area contributed by atoms with Crippen LogP contribution >= 0.6 is 28.3 Å². The van der Waals surface area contributed by atoms with Gasteiger partial charge < -0.3 is 19.9 Å². The number of carbonyl (C=O) groups excluding carboxylic acids is 1. The number of hydrogen-bond donors (Lipinski definition) is 1. The van der Waals surface area contributed by atoms with Crippen LogP contribution in [0, 0.1) is 5.92 Å². The Balaban J connectivity index is 0.00000361. The van der Waals surface area contributed by atoms with Crippen molar-refractivity contribution in [1.82, 2.24) is 15.3 Å². The second-order valence-corrected chi connectivity index (χ2v) is 9.50. The minimum atomic E-state index is -4.89. The van der Waals surface area contributed by atoms with Gasteiger partial charge in [0.2, 0.25) is 5.95 Å². The molecule has 1 aliphatic rings. The number of halogens is 5. The highest BCUT2D eigenvalue weighted by Gasteiger charge is 2.33. The van der Waals surface area contributed by atoms with Crippen molar-refractivity contribution in [3.63, 3.8) is 0 Å². The van der Waals surface area contributed by atoms with Crippen molar-refractivity contribution in [2.24, 2.45) is 5.92 Å². The summed E-state index contributed by atoms with van der Waals surface area (Å²) in [5.74, 6) is 0.563. The van der Waals surface area contributed by atoms with E-state index >= 15 is 0 Å². The molecule has 0 aliphatic carbocycles. The van der Waals surface area contributed by atoms with Crippen LogP contribution in [0.15, 0.2) is 46.9 Å². The molecule has 1 aliphatic heterocycles. The maximum Gasteiger partial charge on any atom is 0.573 e. The van der Waals surface area contributed by atoms with E-state index in [2.05, 4.69) is 30.9 Å². The van der Waals surface area contributed by atoms with Crippen LogP contribution in [0.3, 0.4) is 0 Å². The quantitative estimate of drug-likeness (QED) is 0.415. The maximum atomic E-state index is 12.7. The van der Waals surface area contributed by atoms with Crippen molar-refractivity contribution in [2.75, 3.05) is 43.5 Å². The van der Waals surface area contributed by atoms with E-state index in [1.807, 2.05) is 43.3 Å². The summed E-state index contributed by atoms with van der Waals surface area (Å²) in [4.78, 5) is 26.2. The van der Waals surface area contributed by atoms with Crippen molar-refractivity contribution in [3.05, 3.63) is 52.5 Å². The van der Waals surface area contributed by atoms with Crippen LogP contribution < -0.4 is 19.9 Å². The number of para-hydroxylation sites is 1. The lowest BCUT2D eigenvalue weighted by Gasteiger charge is -2.32. The molecule has 1 aromatic heterocycles. The number of nitrogens with zero attached hydrogens (tertiary/aromatic N) is 4. The van der Waals surface area contributed by atoms with Gasteiger partial charge in [-0.1, -0.05) is 28.1 Å². The molecule has 1 N–H and O–H groups in total. The lowest BCUT2D eigenvalue weighted by molar-refractivity contribution is -0.274. The molecule has 3 aromatic rings. The van der Waals surface area contributed by atoms with E-state index in [1.165, 1.54) is 12.1 Å². The second-order valence-electron chi connectivity index (χ2n) is 8.59. The summed E-state index contributed by atoms with van der Waals surface area (Å²) >= 11 is 3.11. The van der Waals surface area contributed by atoms with Gasteiger partial charge in [0, 0.05) is 43.6 Å². The van der Waals surface area contributed by atoms with E-state index in [1.54, 1.807) is 0 Å². The highest BCUT2D eigenvalue weighted by molar-refractivity contribution is 9.10. The molecule has 2 heterocycles. The standard InChI is InChI=1S/C24H25BrF3N5O2.ClH/c1-32(2)21-17-5-3-4-6-19(17)30-23(31-21)33-11-9-15(10-12-33)14-29-22(34)18-8-7-16(25)13-20(18)35-24(26,27)28;/h3-8,13,15H,9-12,14H2,1-2H3,(H,29,34);1H. The van der Waals surface area contributed by atoms with Crippen molar-refractivity contribution in [3.8, 4) is 5.75 Å². The fourth-order valence-corrected chi connectivity index (χ4v) is 4.43. The highest BCUT2D eigenvalue weighted by atomic mass is 79.9. The van der Waals surface area contributed by atoms with E-state index in [9.17, 15) is 18.0 Å². The SMILES string of the molecule is CN(C)c1nc(N2CCC(CNC(=O)c3ccc(Br)cc3OC(F)(F)F)CC2)nc2ccccc12.Cl. The molecule has 0 unspecified atom stereocenters. The molecule has 0 atom stereocenters. The van der Waals surface area contributed by atoms with Gasteiger partial charge in [-0.3, -0.25) is 4.79 Å². The van der Waals surface area contributed by atoms with Crippen LogP contribution in [0.25, 0.3) is 10.9 Å². The van der Waals surface area contributed by atoms with E-state index in [-0.39, 0.29) is 23.9 Å². The average Bonchev–Trinajstić information content (AvgIpc) is 2.81. The molecule has 194 valence electrons. The summed E-state index contributed by atoms with van der Waals surface area (Å²) in [6.45, 7) is 1.79.